The third-order valence-electron chi connectivity index (χ3n) is 4.60. The molecule has 0 atom stereocenters. The maximum Gasteiger partial charge on any atom is 0.0539 e. The fourth-order valence-electron chi connectivity index (χ4n) is 3.29. The van der Waals surface area contributed by atoms with Gasteiger partial charge in [0.05, 0.1) is 12.7 Å². The Balaban J connectivity index is 1.62. The minimum atomic E-state index is 0.640. The van der Waals surface area contributed by atoms with Gasteiger partial charge >= 0.3 is 0 Å². The Bertz CT molecular complexity index is 418. The summed E-state index contributed by atoms with van der Waals surface area (Å²) in [6, 6.07) is 0.640. The molecule has 0 aromatic carbocycles. The SMILES string of the molecule is CC(C)N1CCc2c(cnn2CCN2CCCC2)C1. The van der Waals surface area contributed by atoms with Crippen molar-refractivity contribution < 1.29 is 0 Å². The molecule has 0 radical (unpaired) electrons. The molecule has 0 unspecified atom stereocenters. The molecule has 2 aliphatic rings. The van der Waals surface area contributed by atoms with Gasteiger partial charge in [0.1, 0.15) is 0 Å². The van der Waals surface area contributed by atoms with Gasteiger partial charge in [-0.2, -0.15) is 5.10 Å². The molecule has 0 N–H and O–H groups in total. The van der Waals surface area contributed by atoms with Crippen molar-refractivity contribution in [3.05, 3.63) is 17.5 Å². The lowest BCUT2D eigenvalue weighted by Crippen LogP contribution is -2.36. The van der Waals surface area contributed by atoms with E-state index in [4.69, 9.17) is 0 Å². The molecule has 4 nitrogen and oxygen atoms in total. The van der Waals surface area contributed by atoms with Crippen molar-refractivity contribution in [2.45, 2.75) is 52.2 Å². The van der Waals surface area contributed by atoms with Crippen LogP contribution >= 0.6 is 0 Å². The van der Waals surface area contributed by atoms with Gasteiger partial charge < -0.3 is 4.90 Å². The van der Waals surface area contributed by atoms with Crippen LogP contribution in [0.25, 0.3) is 0 Å². The van der Waals surface area contributed by atoms with Crippen LogP contribution in [-0.2, 0) is 19.5 Å². The summed E-state index contributed by atoms with van der Waals surface area (Å²) in [5.74, 6) is 0. The molecule has 1 fully saturated rings. The van der Waals surface area contributed by atoms with E-state index in [0.717, 1.165) is 19.5 Å². The highest BCUT2D eigenvalue weighted by Gasteiger charge is 2.22. The second-order valence-corrected chi connectivity index (χ2v) is 6.20. The van der Waals surface area contributed by atoms with Crippen molar-refractivity contribution in [2.24, 2.45) is 0 Å². The van der Waals surface area contributed by atoms with Gasteiger partial charge in [0, 0.05) is 43.4 Å². The highest BCUT2D eigenvalue weighted by atomic mass is 15.3. The van der Waals surface area contributed by atoms with Gasteiger partial charge in [-0.25, -0.2) is 0 Å². The van der Waals surface area contributed by atoms with Crippen LogP contribution < -0.4 is 0 Å². The van der Waals surface area contributed by atoms with Crippen LogP contribution in [-0.4, -0.2) is 51.8 Å². The van der Waals surface area contributed by atoms with Gasteiger partial charge in [-0.15, -0.1) is 0 Å². The van der Waals surface area contributed by atoms with Crippen LogP contribution in [0.1, 0.15) is 37.9 Å². The third kappa shape index (κ3) is 2.84. The fourth-order valence-corrected chi connectivity index (χ4v) is 3.29. The molecule has 1 aromatic rings. The molecule has 1 aromatic heterocycles. The normalized spacial score (nSPS) is 21.2. The van der Waals surface area contributed by atoms with E-state index in [1.807, 2.05) is 0 Å². The first-order valence-corrected chi connectivity index (χ1v) is 7.74. The van der Waals surface area contributed by atoms with Crippen molar-refractivity contribution in [2.75, 3.05) is 26.2 Å². The predicted octanol–water partition coefficient (Wildman–Crippen LogP) is 1.75. The zero-order valence-electron chi connectivity index (χ0n) is 12.3. The predicted molar refractivity (Wildman–Crippen MR) is 77.2 cm³/mol. The molecule has 0 saturated carbocycles. The topological polar surface area (TPSA) is 24.3 Å². The number of nitrogens with zero attached hydrogens (tertiary/aromatic N) is 4. The zero-order chi connectivity index (χ0) is 13.2. The number of aromatic nitrogens is 2. The monoisotopic (exact) mass is 262 g/mol. The first-order valence-electron chi connectivity index (χ1n) is 7.74. The largest absolute Gasteiger partial charge is 0.301 e. The van der Waals surface area contributed by atoms with Crippen LogP contribution in [0.2, 0.25) is 0 Å². The fraction of sp³-hybridized carbons (Fsp3) is 0.800. The molecule has 3 heterocycles. The molecule has 0 spiro atoms. The van der Waals surface area contributed by atoms with Crippen molar-refractivity contribution in [3.8, 4) is 0 Å². The van der Waals surface area contributed by atoms with Crippen molar-refractivity contribution >= 4 is 0 Å². The second-order valence-electron chi connectivity index (χ2n) is 6.20. The number of rotatable bonds is 4. The van der Waals surface area contributed by atoms with Crippen LogP contribution in [0.3, 0.4) is 0 Å². The van der Waals surface area contributed by atoms with E-state index in [9.17, 15) is 0 Å². The average molecular weight is 262 g/mol. The van der Waals surface area contributed by atoms with Crippen molar-refractivity contribution in [1.29, 1.82) is 0 Å². The van der Waals surface area contributed by atoms with Gasteiger partial charge in [0.25, 0.3) is 0 Å². The summed E-state index contributed by atoms with van der Waals surface area (Å²) < 4.78 is 2.26. The summed E-state index contributed by atoms with van der Waals surface area (Å²) in [6.45, 7) is 11.6. The minimum absolute atomic E-state index is 0.640. The van der Waals surface area contributed by atoms with E-state index in [0.29, 0.717) is 6.04 Å². The highest BCUT2D eigenvalue weighted by molar-refractivity contribution is 5.20. The summed E-state index contributed by atoms with van der Waals surface area (Å²) in [7, 11) is 0. The molecule has 3 rings (SSSR count). The quantitative estimate of drug-likeness (QED) is 0.826. The Morgan fingerprint density at radius 1 is 1.16 bits per heavy atom. The Labute approximate surface area is 116 Å². The number of likely N-dealkylation sites (tertiary alicyclic amines) is 1. The summed E-state index contributed by atoms with van der Waals surface area (Å²) >= 11 is 0. The number of fused-ring (bicyclic) bond motifs is 1. The molecule has 1 saturated heterocycles. The average Bonchev–Trinajstić information content (AvgIpc) is 3.05. The standard InChI is InChI=1S/C15H26N4/c1-13(2)18-8-5-15-14(12-18)11-16-19(15)10-9-17-6-3-4-7-17/h11,13H,3-10,12H2,1-2H3. The number of hydrogen-bond acceptors (Lipinski definition) is 3. The second kappa shape index (κ2) is 5.63. The first kappa shape index (κ1) is 13.1. The van der Waals surface area contributed by atoms with Gasteiger partial charge in [0.2, 0.25) is 0 Å². The maximum absolute atomic E-state index is 4.62. The summed E-state index contributed by atoms with van der Waals surface area (Å²) in [4.78, 5) is 5.10. The maximum atomic E-state index is 4.62. The zero-order valence-corrected chi connectivity index (χ0v) is 12.3. The smallest absolute Gasteiger partial charge is 0.0539 e. The van der Waals surface area contributed by atoms with Crippen LogP contribution in [0.5, 0.6) is 0 Å². The lowest BCUT2D eigenvalue weighted by molar-refractivity contribution is 0.200. The van der Waals surface area contributed by atoms with Gasteiger partial charge in [-0.3, -0.25) is 9.58 Å². The van der Waals surface area contributed by atoms with Crippen LogP contribution in [0.4, 0.5) is 0 Å². The van der Waals surface area contributed by atoms with Gasteiger partial charge in [-0.05, 0) is 39.8 Å². The lowest BCUT2D eigenvalue weighted by atomic mass is 10.1. The first-order chi connectivity index (χ1) is 9.24. The van der Waals surface area contributed by atoms with E-state index >= 15 is 0 Å². The van der Waals surface area contributed by atoms with Gasteiger partial charge in [-0.1, -0.05) is 0 Å². The van der Waals surface area contributed by atoms with E-state index in [1.54, 1.807) is 0 Å². The Morgan fingerprint density at radius 2 is 1.95 bits per heavy atom. The van der Waals surface area contributed by atoms with Crippen LogP contribution in [0.15, 0.2) is 6.20 Å². The van der Waals surface area contributed by atoms with Gasteiger partial charge in [0.15, 0.2) is 0 Å². The molecule has 0 bridgehead atoms. The highest BCUT2D eigenvalue weighted by Crippen LogP contribution is 2.20. The third-order valence-corrected chi connectivity index (χ3v) is 4.60. The Morgan fingerprint density at radius 3 is 2.68 bits per heavy atom. The van der Waals surface area contributed by atoms with E-state index in [1.165, 1.54) is 50.3 Å². The summed E-state index contributed by atoms with van der Waals surface area (Å²) in [5.41, 5.74) is 2.93. The summed E-state index contributed by atoms with van der Waals surface area (Å²) in [5, 5.41) is 4.62. The molecule has 4 heteroatoms. The molecule has 2 aliphatic heterocycles. The molecule has 0 amide bonds. The van der Waals surface area contributed by atoms with Crippen molar-refractivity contribution in [1.82, 2.24) is 19.6 Å². The molecular weight excluding hydrogens is 236 g/mol. The van der Waals surface area contributed by atoms with E-state index < -0.39 is 0 Å². The summed E-state index contributed by atoms with van der Waals surface area (Å²) in [6.07, 6.45) is 6.00. The van der Waals surface area contributed by atoms with E-state index in [-0.39, 0.29) is 0 Å². The minimum Gasteiger partial charge on any atom is -0.301 e. The van der Waals surface area contributed by atoms with Crippen LogP contribution in [0, 0.1) is 0 Å². The molecular formula is C15H26N4. The Hall–Kier alpha value is -0.870. The Kier molecular flexibility index (Phi) is 3.89. The number of hydrogen-bond donors (Lipinski definition) is 0. The molecule has 106 valence electrons. The molecule has 0 aliphatic carbocycles. The molecule has 19 heavy (non-hydrogen) atoms. The van der Waals surface area contributed by atoms with E-state index in [2.05, 4.69) is 39.6 Å². The lowest BCUT2D eigenvalue weighted by Gasteiger charge is -2.30. The van der Waals surface area contributed by atoms with Crippen molar-refractivity contribution in [3.63, 3.8) is 0 Å².